The summed E-state index contributed by atoms with van der Waals surface area (Å²) in [6, 6.07) is 0. The van der Waals surface area contributed by atoms with Gasteiger partial charge < -0.3 is 10.2 Å². The highest BCUT2D eigenvalue weighted by Crippen LogP contribution is 2.24. The molecule has 2 heterocycles. The third-order valence-electron chi connectivity index (χ3n) is 2.96. The first kappa shape index (κ1) is 15.9. The summed E-state index contributed by atoms with van der Waals surface area (Å²) in [6.45, 7) is 7.36. The van der Waals surface area contributed by atoms with Gasteiger partial charge in [0.2, 0.25) is 0 Å². The minimum Gasteiger partial charge on any atom is -0.362 e. The van der Waals surface area contributed by atoms with Gasteiger partial charge in [0.05, 0.1) is 17.2 Å². The maximum atomic E-state index is 12.5. The van der Waals surface area contributed by atoms with Gasteiger partial charge in [0.25, 0.3) is 5.91 Å². The van der Waals surface area contributed by atoms with Crippen molar-refractivity contribution in [1.29, 1.82) is 0 Å². The third-order valence-corrected chi connectivity index (χ3v) is 5.19. The maximum Gasteiger partial charge on any atom is 0.265 e. The molecule has 21 heavy (non-hydrogen) atoms. The second-order valence-electron chi connectivity index (χ2n) is 4.70. The molecule has 0 radical (unpaired) electrons. The molecule has 5 nitrogen and oxygen atoms in total. The topological polar surface area (TPSA) is 58.1 Å². The quantitative estimate of drug-likeness (QED) is 0.886. The van der Waals surface area contributed by atoms with Crippen LogP contribution in [0.2, 0.25) is 0 Å². The summed E-state index contributed by atoms with van der Waals surface area (Å²) in [5.41, 5.74) is 0.784. The number of carbonyl (C=O) groups excluding carboxylic acids is 1. The van der Waals surface area contributed by atoms with Crippen LogP contribution in [0, 0.1) is 6.92 Å². The number of rotatable bonds is 6. The van der Waals surface area contributed by atoms with Crippen molar-refractivity contribution < 1.29 is 4.79 Å². The highest BCUT2D eigenvalue weighted by Gasteiger charge is 2.19. The Hall–Kier alpha value is -1.47. The highest BCUT2D eigenvalue weighted by atomic mass is 32.1. The smallest absolute Gasteiger partial charge is 0.265 e. The number of anilines is 1. The van der Waals surface area contributed by atoms with Crippen LogP contribution >= 0.6 is 22.7 Å². The Labute approximate surface area is 133 Å². The van der Waals surface area contributed by atoms with Crippen molar-refractivity contribution in [3.8, 4) is 0 Å². The fraction of sp³-hybridized carbons (Fsp3) is 0.500. The Kier molecular flexibility index (Phi) is 5.30. The number of hydrogen-bond acceptors (Lipinski definition) is 6. The van der Waals surface area contributed by atoms with Crippen LogP contribution in [0.4, 0.5) is 5.13 Å². The van der Waals surface area contributed by atoms with Gasteiger partial charge in [-0.1, -0.05) is 18.3 Å². The van der Waals surface area contributed by atoms with Crippen molar-refractivity contribution in [2.45, 2.75) is 33.7 Å². The number of hydrogen-bond donors (Lipinski definition) is 1. The van der Waals surface area contributed by atoms with Gasteiger partial charge in [0.1, 0.15) is 4.88 Å². The van der Waals surface area contributed by atoms with Gasteiger partial charge in [-0.3, -0.25) is 4.79 Å². The third kappa shape index (κ3) is 3.79. The van der Waals surface area contributed by atoms with Gasteiger partial charge in [-0.25, -0.2) is 9.97 Å². The van der Waals surface area contributed by atoms with Crippen LogP contribution in [-0.4, -0.2) is 34.4 Å². The van der Waals surface area contributed by atoms with E-state index in [2.05, 4.69) is 22.2 Å². The molecule has 0 saturated carbocycles. The molecular weight excluding hydrogens is 304 g/mol. The first-order chi connectivity index (χ1) is 10.0. The summed E-state index contributed by atoms with van der Waals surface area (Å²) in [7, 11) is 1.82. The molecule has 1 N–H and O–H groups in total. The summed E-state index contributed by atoms with van der Waals surface area (Å²) in [4.78, 5) is 24.8. The number of amides is 1. The Morgan fingerprint density at radius 2 is 2.14 bits per heavy atom. The van der Waals surface area contributed by atoms with Crippen LogP contribution in [0.3, 0.4) is 0 Å². The molecule has 2 rings (SSSR count). The van der Waals surface area contributed by atoms with Crippen molar-refractivity contribution in [3.63, 3.8) is 0 Å². The monoisotopic (exact) mass is 324 g/mol. The van der Waals surface area contributed by atoms with Gasteiger partial charge in [-0.15, -0.1) is 11.3 Å². The van der Waals surface area contributed by atoms with Crippen molar-refractivity contribution in [3.05, 3.63) is 26.7 Å². The molecule has 0 aromatic carbocycles. The number of nitrogens with one attached hydrogen (secondary N) is 1. The molecule has 0 atom stereocenters. The average molecular weight is 324 g/mol. The number of aryl methyl sites for hydroxylation is 2. The molecule has 0 fully saturated rings. The Bertz CT molecular complexity index is 620. The number of thiazole rings is 2. The standard InChI is InChI=1S/C14H20N4OS2/c1-5-11-16-7-10(20-11)8-18(4)13(19)12-9(3)17-14(21-12)15-6-2/h7H,5-6,8H2,1-4H3,(H,15,17). The molecular formula is C14H20N4OS2. The zero-order valence-corrected chi connectivity index (χ0v) is 14.4. The van der Waals surface area contributed by atoms with Crippen LogP contribution < -0.4 is 5.32 Å². The fourth-order valence-electron chi connectivity index (χ4n) is 1.89. The summed E-state index contributed by atoms with van der Waals surface area (Å²) in [5, 5.41) is 5.06. The molecule has 2 aromatic heterocycles. The lowest BCUT2D eigenvalue weighted by Gasteiger charge is -2.15. The first-order valence-electron chi connectivity index (χ1n) is 6.95. The van der Waals surface area contributed by atoms with Gasteiger partial charge in [0, 0.05) is 24.7 Å². The van der Waals surface area contributed by atoms with E-state index in [1.54, 1.807) is 16.2 Å². The normalized spacial score (nSPS) is 10.7. The lowest BCUT2D eigenvalue weighted by Crippen LogP contribution is -2.25. The van der Waals surface area contributed by atoms with E-state index in [4.69, 9.17) is 0 Å². The average Bonchev–Trinajstić information content (AvgIpc) is 3.05. The summed E-state index contributed by atoms with van der Waals surface area (Å²) < 4.78 is 0. The van der Waals surface area contributed by atoms with Crippen LogP contribution in [0.15, 0.2) is 6.20 Å². The summed E-state index contributed by atoms with van der Waals surface area (Å²) >= 11 is 3.08. The summed E-state index contributed by atoms with van der Waals surface area (Å²) in [6.07, 6.45) is 2.79. The zero-order chi connectivity index (χ0) is 15.4. The largest absolute Gasteiger partial charge is 0.362 e. The molecule has 0 spiro atoms. The van der Waals surface area contributed by atoms with Gasteiger partial charge in [0.15, 0.2) is 5.13 Å². The maximum absolute atomic E-state index is 12.5. The molecule has 0 bridgehead atoms. The number of nitrogens with zero attached hydrogens (tertiary/aromatic N) is 3. The van der Waals surface area contributed by atoms with Gasteiger partial charge in [-0.2, -0.15) is 0 Å². The second-order valence-corrected chi connectivity index (χ2v) is 6.90. The van der Waals surface area contributed by atoms with E-state index < -0.39 is 0 Å². The van der Waals surface area contributed by atoms with E-state index in [1.165, 1.54) is 11.3 Å². The van der Waals surface area contributed by atoms with Crippen molar-refractivity contribution in [2.24, 2.45) is 0 Å². The summed E-state index contributed by atoms with van der Waals surface area (Å²) in [5.74, 6) is 0.0144. The van der Waals surface area contributed by atoms with E-state index in [0.29, 0.717) is 11.4 Å². The Morgan fingerprint density at radius 3 is 2.76 bits per heavy atom. The minimum absolute atomic E-state index is 0.0144. The first-order valence-corrected chi connectivity index (χ1v) is 8.58. The van der Waals surface area contributed by atoms with E-state index in [0.717, 1.165) is 33.7 Å². The van der Waals surface area contributed by atoms with Crippen molar-refractivity contribution in [2.75, 3.05) is 18.9 Å². The second kappa shape index (κ2) is 7.00. The molecule has 0 unspecified atom stereocenters. The van der Waals surface area contributed by atoms with Gasteiger partial charge >= 0.3 is 0 Å². The molecule has 0 saturated heterocycles. The molecule has 114 valence electrons. The predicted molar refractivity (Wildman–Crippen MR) is 88.3 cm³/mol. The Balaban J connectivity index is 2.08. The van der Waals surface area contributed by atoms with Crippen LogP contribution in [0.1, 0.15) is 39.1 Å². The molecule has 0 aliphatic carbocycles. The van der Waals surface area contributed by atoms with Crippen LogP contribution in [0.5, 0.6) is 0 Å². The highest BCUT2D eigenvalue weighted by molar-refractivity contribution is 7.17. The van der Waals surface area contributed by atoms with E-state index in [-0.39, 0.29) is 5.91 Å². The van der Waals surface area contributed by atoms with E-state index in [1.807, 2.05) is 27.1 Å². The lowest BCUT2D eigenvalue weighted by atomic mass is 10.3. The van der Waals surface area contributed by atoms with Crippen LogP contribution in [-0.2, 0) is 13.0 Å². The number of aromatic nitrogens is 2. The predicted octanol–water partition coefficient (Wildman–Crippen LogP) is 3.17. The Morgan fingerprint density at radius 1 is 1.38 bits per heavy atom. The fourth-order valence-corrected chi connectivity index (χ4v) is 3.83. The molecule has 1 amide bonds. The molecule has 0 aliphatic rings. The molecule has 0 aliphatic heterocycles. The number of carbonyl (C=O) groups is 1. The van der Waals surface area contributed by atoms with Crippen molar-refractivity contribution in [1.82, 2.24) is 14.9 Å². The minimum atomic E-state index is 0.0144. The molecule has 7 heteroatoms. The van der Waals surface area contributed by atoms with Crippen molar-refractivity contribution >= 4 is 33.7 Å². The lowest BCUT2D eigenvalue weighted by molar-refractivity contribution is 0.0790. The SMILES string of the molecule is CCNc1nc(C)c(C(=O)N(C)Cc2cnc(CC)s2)s1. The zero-order valence-electron chi connectivity index (χ0n) is 12.8. The van der Waals surface area contributed by atoms with E-state index in [9.17, 15) is 4.79 Å². The molecule has 2 aromatic rings. The van der Waals surface area contributed by atoms with E-state index >= 15 is 0 Å². The van der Waals surface area contributed by atoms with Crippen LogP contribution in [0.25, 0.3) is 0 Å². The van der Waals surface area contributed by atoms with Gasteiger partial charge in [-0.05, 0) is 20.3 Å².